The molecule has 0 aliphatic carbocycles. The normalized spacial score (nSPS) is 14.1. The molecule has 170 valence electrons. The van der Waals surface area contributed by atoms with Gasteiger partial charge in [0.1, 0.15) is 0 Å². The number of ether oxygens (including phenoxy) is 1. The maximum atomic E-state index is 13.4. The molecule has 0 aromatic carbocycles. The summed E-state index contributed by atoms with van der Waals surface area (Å²) in [6.07, 6.45) is 2.55. The van der Waals surface area contributed by atoms with Crippen LogP contribution in [-0.4, -0.2) is 57.4 Å². The third kappa shape index (κ3) is 4.90. The molecule has 0 atom stereocenters. The number of anilines is 1. The maximum Gasteiger partial charge on any atom is 0.332 e. The van der Waals surface area contributed by atoms with E-state index in [4.69, 9.17) is 9.72 Å². The first-order chi connectivity index (χ1) is 14.8. The smallest absolute Gasteiger partial charge is 0.332 e. The second-order valence-electron chi connectivity index (χ2n) is 7.92. The van der Waals surface area contributed by atoms with Crippen LogP contribution in [0.1, 0.15) is 33.6 Å². The number of hydrogen-bond donors (Lipinski definition) is 1. The number of hydrogen-bond acceptors (Lipinski definition) is 7. The molecule has 1 aliphatic rings. The molecule has 10 nitrogen and oxygen atoms in total. The highest BCUT2D eigenvalue weighted by Crippen LogP contribution is 2.20. The van der Waals surface area contributed by atoms with Crippen LogP contribution in [0.5, 0.6) is 0 Å². The van der Waals surface area contributed by atoms with Crippen LogP contribution in [0.25, 0.3) is 11.2 Å². The highest BCUT2D eigenvalue weighted by Gasteiger charge is 2.24. The maximum absolute atomic E-state index is 13.4. The summed E-state index contributed by atoms with van der Waals surface area (Å²) in [5.41, 5.74) is 1.11. The highest BCUT2D eigenvalue weighted by molar-refractivity contribution is 5.75. The first kappa shape index (κ1) is 22.8. The van der Waals surface area contributed by atoms with E-state index in [0.29, 0.717) is 36.7 Å². The van der Waals surface area contributed by atoms with Gasteiger partial charge in [-0.3, -0.25) is 18.7 Å². The first-order valence-electron chi connectivity index (χ1n) is 10.8. The molecule has 0 bridgehead atoms. The van der Waals surface area contributed by atoms with Crippen LogP contribution in [0.4, 0.5) is 5.95 Å². The van der Waals surface area contributed by atoms with E-state index in [2.05, 4.69) is 10.2 Å². The number of piperazine rings is 1. The van der Waals surface area contributed by atoms with Gasteiger partial charge in [0.25, 0.3) is 5.56 Å². The molecule has 1 aliphatic heterocycles. The van der Waals surface area contributed by atoms with Crippen LogP contribution in [0.15, 0.2) is 21.2 Å². The first-order valence-corrected chi connectivity index (χ1v) is 10.8. The predicted octanol–water partition coefficient (Wildman–Crippen LogP) is 0.616. The summed E-state index contributed by atoms with van der Waals surface area (Å²) in [5.74, 6) is 0.369. The Morgan fingerprint density at radius 1 is 1.19 bits per heavy atom. The zero-order chi connectivity index (χ0) is 22.5. The molecular formula is C21H32N6O4. The second kappa shape index (κ2) is 9.95. The summed E-state index contributed by atoms with van der Waals surface area (Å²) in [6, 6.07) is 0. The van der Waals surface area contributed by atoms with Gasteiger partial charge in [0.05, 0.1) is 6.61 Å². The standard InChI is InChI=1S/C21H32N6O4/c1-5-31-16(28)7-6-11-27-19(29)17-18(24(4)21(27)30)23-20(25-13-9-22-10-14-25)26(17)12-8-15(2)3/h8,22H,5-7,9-14H2,1-4H3. The SMILES string of the molecule is CCOC(=O)CCCn1c(=O)c2c(nc(N3CCNCC3)n2CC=C(C)C)n(C)c1=O. The average molecular weight is 433 g/mol. The molecule has 2 aromatic rings. The van der Waals surface area contributed by atoms with Crippen LogP contribution in [0.3, 0.4) is 0 Å². The van der Waals surface area contributed by atoms with Gasteiger partial charge in [-0.15, -0.1) is 0 Å². The van der Waals surface area contributed by atoms with Crippen molar-refractivity contribution in [2.24, 2.45) is 7.05 Å². The minimum atomic E-state index is -0.430. The number of carbonyl (C=O) groups is 1. The average Bonchev–Trinajstić information content (AvgIpc) is 3.14. The number of rotatable bonds is 8. The number of esters is 1. The highest BCUT2D eigenvalue weighted by atomic mass is 16.5. The van der Waals surface area contributed by atoms with Crippen molar-refractivity contribution >= 4 is 23.1 Å². The van der Waals surface area contributed by atoms with Crippen LogP contribution in [0, 0.1) is 0 Å². The van der Waals surface area contributed by atoms with E-state index < -0.39 is 5.69 Å². The lowest BCUT2D eigenvalue weighted by atomic mass is 10.3. The number of aromatic nitrogens is 4. The number of nitrogens with one attached hydrogen (secondary N) is 1. The van der Waals surface area contributed by atoms with Gasteiger partial charge in [0.2, 0.25) is 5.95 Å². The zero-order valence-corrected chi connectivity index (χ0v) is 18.8. The van der Waals surface area contributed by atoms with Crippen molar-refractivity contribution in [1.82, 2.24) is 24.0 Å². The topological polar surface area (TPSA) is 103 Å². The number of imidazole rings is 1. The van der Waals surface area contributed by atoms with Crippen molar-refractivity contribution in [3.05, 3.63) is 32.5 Å². The lowest BCUT2D eigenvalue weighted by Crippen LogP contribution is -2.44. The van der Waals surface area contributed by atoms with E-state index in [1.165, 1.54) is 9.13 Å². The van der Waals surface area contributed by atoms with Gasteiger partial charge in [-0.05, 0) is 27.2 Å². The van der Waals surface area contributed by atoms with E-state index in [9.17, 15) is 14.4 Å². The quantitative estimate of drug-likeness (QED) is 0.482. The van der Waals surface area contributed by atoms with Gasteiger partial charge in [-0.2, -0.15) is 4.98 Å². The monoisotopic (exact) mass is 432 g/mol. The molecule has 1 N–H and O–H groups in total. The Morgan fingerprint density at radius 3 is 2.55 bits per heavy atom. The fraction of sp³-hybridized carbons (Fsp3) is 0.619. The summed E-state index contributed by atoms with van der Waals surface area (Å²) in [5, 5.41) is 3.32. The van der Waals surface area contributed by atoms with Gasteiger partial charge in [0.15, 0.2) is 11.2 Å². The third-order valence-electron chi connectivity index (χ3n) is 5.36. The molecule has 1 saturated heterocycles. The lowest BCUT2D eigenvalue weighted by molar-refractivity contribution is -0.143. The van der Waals surface area contributed by atoms with Crippen molar-refractivity contribution < 1.29 is 9.53 Å². The Labute approximate surface area is 181 Å². The Bertz CT molecular complexity index is 1080. The summed E-state index contributed by atoms with van der Waals surface area (Å²) >= 11 is 0. The molecule has 0 unspecified atom stereocenters. The van der Waals surface area contributed by atoms with Crippen LogP contribution in [-0.2, 0) is 29.7 Å². The van der Waals surface area contributed by atoms with Crippen molar-refractivity contribution in [1.29, 1.82) is 0 Å². The summed E-state index contributed by atoms with van der Waals surface area (Å²) in [7, 11) is 1.63. The predicted molar refractivity (Wildman–Crippen MR) is 120 cm³/mol. The number of carbonyl (C=O) groups excluding carboxylic acids is 1. The van der Waals surface area contributed by atoms with Gasteiger partial charge in [0, 0.05) is 52.7 Å². The molecule has 0 saturated carbocycles. The Hall–Kier alpha value is -2.88. The van der Waals surface area contributed by atoms with Gasteiger partial charge >= 0.3 is 11.7 Å². The molecular weight excluding hydrogens is 400 g/mol. The van der Waals surface area contributed by atoms with E-state index in [1.54, 1.807) is 14.0 Å². The van der Waals surface area contributed by atoms with Crippen LogP contribution >= 0.6 is 0 Å². The molecule has 0 spiro atoms. The number of fused-ring (bicyclic) bond motifs is 1. The van der Waals surface area contributed by atoms with Crippen molar-refractivity contribution in [2.75, 3.05) is 37.7 Å². The van der Waals surface area contributed by atoms with E-state index in [0.717, 1.165) is 31.8 Å². The molecule has 0 amide bonds. The fourth-order valence-electron chi connectivity index (χ4n) is 3.72. The summed E-state index contributed by atoms with van der Waals surface area (Å²) in [6.45, 7) is 9.94. The fourth-order valence-corrected chi connectivity index (χ4v) is 3.72. The van der Waals surface area contributed by atoms with E-state index in [1.807, 2.05) is 24.5 Å². The molecule has 31 heavy (non-hydrogen) atoms. The zero-order valence-electron chi connectivity index (χ0n) is 18.8. The van der Waals surface area contributed by atoms with Gasteiger partial charge < -0.3 is 19.5 Å². The van der Waals surface area contributed by atoms with Gasteiger partial charge in [-0.25, -0.2) is 4.79 Å². The largest absolute Gasteiger partial charge is 0.466 e. The molecule has 10 heteroatoms. The minimum absolute atomic E-state index is 0.150. The lowest BCUT2D eigenvalue weighted by Gasteiger charge is -2.28. The molecule has 1 fully saturated rings. The van der Waals surface area contributed by atoms with Crippen LogP contribution in [0.2, 0.25) is 0 Å². The Balaban J connectivity index is 2.08. The van der Waals surface area contributed by atoms with Crippen molar-refractivity contribution in [3.8, 4) is 0 Å². The molecule has 0 radical (unpaired) electrons. The van der Waals surface area contributed by atoms with Gasteiger partial charge in [-0.1, -0.05) is 11.6 Å². The third-order valence-corrected chi connectivity index (χ3v) is 5.36. The van der Waals surface area contributed by atoms with Crippen LogP contribution < -0.4 is 21.5 Å². The number of aryl methyl sites for hydroxylation is 1. The van der Waals surface area contributed by atoms with Crippen molar-refractivity contribution in [3.63, 3.8) is 0 Å². The van der Waals surface area contributed by atoms with Crippen molar-refractivity contribution in [2.45, 2.75) is 46.7 Å². The van der Waals surface area contributed by atoms with E-state index >= 15 is 0 Å². The molecule has 2 aromatic heterocycles. The number of nitrogens with zero attached hydrogens (tertiary/aromatic N) is 5. The summed E-state index contributed by atoms with van der Waals surface area (Å²) in [4.78, 5) is 44.8. The summed E-state index contributed by atoms with van der Waals surface area (Å²) < 4.78 is 9.46. The molecule has 3 heterocycles. The minimum Gasteiger partial charge on any atom is -0.466 e. The molecule has 3 rings (SSSR count). The second-order valence-corrected chi connectivity index (χ2v) is 7.92. The van der Waals surface area contributed by atoms with E-state index in [-0.39, 0.29) is 24.5 Å². The Kier molecular flexibility index (Phi) is 7.32. The number of allylic oxidation sites excluding steroid dienone is 2. The Morgan fingerprint density at radius 2 is 1.90 bits per heavy atom.